The minimum Gasteiger partial charge on any atom is -0.478 e. The molecule has 1 aliphatic rings. The fourth-order valence-corrected chi connectivity index (χ4v) is 2.78. The van der Waals surface area contributed by atoms with Crippen molar-refractivity contribution in [2.75, 3.05) is 13.1 Å². The summed E-state index contributed by atoms with van der Waals surface area (Å²) in [5, 5.41) is 15.4. The molecule has 3 N–H and O–H groups in total. The fourth-order valence-electron chi connectivity index (χ4n) is 2.78. The third kappa shape index (κ3) is 4.29. The number of carbonyl (C=O) groups excluding carboxylic acids is 1. The quantitative estimate of drug-likeness (QED) is 0.766. The summed E-state index contributed by atoms with van der Waals surface area (Å²) in [6, 6.07) is 7.29. The molecule has 1 amide bonds. The van der Waals surface area contributed by atoms with Crippen molar-refractivity contribution in [3.05, 3.63) is 35.4 Å². The molecule has 2 unspecified atom stereocenters. The van der Waals surface area contributed by atoms with Gasteiger partial charge in [-0.25, -0.2) is 4.79 Å². The van der Waals surface area contributed by atoms with Crippen LogP contribution in [0.3, 0.4) is 0 Å². The Balaban J connectivity index is 1.84. The average Bonchev–Trinajstić information content (AvgIpc) is 2.47. The number of hydrogen-bond donors (Lipinski definition) is 3. The van der Waals surface area contributed by atoms with Crippen LogP contribution in [-0.2, 0) is 11.2 Å². The number of piperidine rings is 1. The van der Waals surface area contributed by atoms with Crippen molar-refractivity contribution in [1.82, 2.24) is 10.6 Å². The third-order valence-electron chi connectivity index (χ3n) is 3.94. The van der Waals surface area contributed by atoms with Gasteiger partial charge >= 0.3 is 5.97 Å². The van der Waals surface area contributed by atoms with Crippen molar-refractivity contribution < 1.29 is 14.7 Å². The van der Waals surface area contributed by atoms with E-state index in [4.69, 9.17) is 5.11 Å². The van der Waals surface area contributed by atoms with Crippen molar-refractivity contribution in [2.45, 2.75) is 32.2 Å². The summed E-state index contributed by atoms with van der Waals surface area (Å²) in [5.41, 5.74) is 1.06. The Bertz CT molecular complexity index is 516. The lowest BCUT2D eigenvalue weighted by molar-refractivity contribution is -0.126. The van der Waals surface area contributed by atoms with E-state index in [-0.39, 0.29) is 11.8 Å². The summed E-state index contributed by atoms with van der Waals surface area (Å²) in [6.07, 6.45) is 2.26. The van der Waals surface area contributed by atoms with E-state index in [0.29, 0.717) is 24.6 Å². The standard InChI is InChI=1S/C16H22N2O3/c1-11-10-13(7-8-17-11)15(19)18-9-6-12-4-2-3-5-14(12)16(20)21/h2-5,11,13,17H,6-10H2,1H3,(H,18,19)(H,20,21). The minimum absolute atomic E-state index is 0.0657. The predicted molar refractivity (Wildman–Crippen MR) is 80.3 cm³/mol. The summed E-state index contributed by atoms with van der Waals surface area (Å²) < 4.78 is 0. The maximum atomic E-state index is 12.1. The maximum absolute atomic E-state index is 12.1. The van der Waals surface area contributed by atoms with Crippen molar-refractivity contribution >= 4 is 11.9 Å². The van der Waals surface area contributed by atoms with Crippen molar-refractivity contribution in [2.24, 2.45) is 5.92 Å². The van der Waals surface area contributed by atoms with E-state index < -0.39 is 5.97 Å². The summed E-state index contributed by atoms with van der Waals surface area (Å²) in [4.78, 5) is 23.2. The molecule has 21 heavy (non-hydrogen) atoms. The molecule has 2 atom stereocenters. The van der Waals surface area contributed by atoms with Gasteiger partial charge in [0.15, 0.2) is 0 Å². The smallest absolute Gasteiger partial charge is 0.335 e. The number of nitrogens with one attached hydrogen (secondary N) is 2. The Hall–Kier alpha value is -1.88. The van der Waals surface area contributed by atoms with Gasteiger partial charge in [-0.1, -0.05) is 18.2 Å². The van der Waals surface area contributed by atoms with Gasteiger partial charge in [0, 0.05) is 18.5 Å². The van der Waals surface area contributed by atoms with Crippen LogP contribution in [0.2, 0.25) is 0 Å². The zero-order valence-corrected chi connectivity index (χ0v) is 12.3. The van der Waals surface area contributed by atoms with Gasteiger partial charge in [0.25, 0.3) is 0 Å². The van der Waals surface area contributed by atoms with Gasteiger partial charge in [0.05, 0.1) is 5.56 Å². The van der Waals surface area contributed by atoms with E-state index in [1.165, 1.54) is 0 Å². The number of carboxylic acid groups (broad SMARTS) is 1. The molecular formula is C16H22N2O3. The Morgan fingerprint density at radius 2 is 2.14 bits per heavy atom. The molecule has 2 rings (SSSR count). The molecule has 1 aromatic carbocycles. The van der Waals surface area contributed by atoms with Gasteiger partial charge in [-0.3, -0.25) is 4.79 Å². The Morgan fingerprint density at radius 1 is 1.38 bits per heavy atom. The van der Waals surface area contributed by atoms with Crippen LogP contribution < -0.4 is 10.6 Å². The highest BCUT2D eigenvalue weighted by Gasteiger charge is 2.24. The molecule has 1 heterocycles. The van der Waals surface area contributed by atoms with E-state index in [0.717, 1.165) is 24.9 Å². The third-order valence-corrected chi connectivity index (χ3v) is 3.94. The van der Waals surface area contributed by atoms with Crippen LogP contribution in [0, 0.1) is 5.92 Å². The van der Waals surface area contributed by atoms with Crippen molar-refractivity contribution in [1.29, 1.82) is 0 Å². The first-order chi connectivity index (χ1) is 10.1. The molecule has 5 heteroatoms. The molecule has 1 aromatic rings. The van der Waals surface area contributed by atoms with Gasteiger partial charge in [-0.15, -0.1) is 0 Å². The summed E-state index contributed by atoms with van der Waals surface area (Å²) in [5.74, 6) is -0.781. The van der Waals surface area contributed by atoms with Gasteiger partial charge in [-0.05, 0) is 44.4 Å². The molecule has 0 saturated carbocycles. The predicted octanol–water partition coefficient (Wildman–Crippen LogP) is 1.43. The monoisotopic (exact) mass is 290 g/mol. The lowest BCUT2D eigenvalue weighted by Crippen LogP contribution is -2.42. The second-order valence-corrected chi connectivity index (χ2v) is 5.58. The van der Waals surface area contributed by atoms with Crippen LogP contribution in [0.5, 0.6) is 0 Å². The van der Waals surface area contributed by atoms with Crippen molar-refractivity contribution in [3.8, 4) is 0 Å². The second-order valence-electron chi connectivity index (χ2n) is 5.58. The summed E-state index contributed by atoms with van der Waals surface area (Å²) in [7, 11) is 0. The zero-order chi connectivity index (χ0) is 15.2. The summed E-state index contributed by atoms with van der Waals surface area (Å²) in [6.45, 7) is 3.44. The molecule has 0 aromatic heterocycles. The van der Waals surface area contributed by atoms with Crippen LogP contribution >= 0.6 is 0 Å². The summed E-state index contributed by atoms with van der Waals surface area (Å²) >= 11 is 0. The van der Waals surface area contributed by atoms with E-state index >= 15 is 0 Å². The highest BCUT2D eigenvalue weighted by molar-refractivity contribution is 5.89. The van der Waals surface area contributed by atoms with E-state index in [2.05, 4.69) is 17.6 Å². The molecule has 0 spiro atoms. The fraction of sp³-hybridized carbons (Fsp3) is 0.500. The number of hydrogen-bond acceptors (Lipinski definition) is 3. The molecule has 0 aliphatic carbocycles. The molecular weight excluding hydrogens is 268 g/mol. The molecule has 1 fully saturated rings. The lowest BCUT2D eigenvalue weighted by atomic mass is 9.92. The van der Waals surface area contributed by atoms with E-state index in [1.807, 2.05) is 6.07 Å². The number of aromatic carboxylic acids is 1. The SMILES string of the molecule is CC1CC(C(=O)NCCc2ccccc2C(=O)O)CCN1. The van der Waals surface area contributed by atoms with Crippen LogP contribution in [0.25, 0.3) is 0 Å². The topological polar surface area (TPSA) is 78.4 Å². The largest absolute Gasteiger partial charge is 0.478 e. The average molecular weight is 290 g/mol. The van der Waals surface area contributed by atoms with Crippen LogP contribution in [-0.4, -0.2) is 36.1 Å². The first kappa shape index (κ1) is 15.5. The number of carbonyl (C=O) groups is 2. The van der Waals surface area contributed by atoms with Gasteiger partial charge in [-0.2, -0.15) is 0 Å². The number of carboxylic acids is 1. The number of amides is 1. The maximum Gasteiger partial charge on any atom is 0.335 e. The van der Waals surface area contributed by atoms with Gasteiger partial charge < -0.3 is 15.7 Å². The molecule has 114 valence electrons. The highest BCUT2D eigenvalue weighted by Crippen LogP contribution is 2.16. The van der Waals surface area contributed by atoms with E-state index in [1.54, 1.807) is 18.2 Å². The normalized spacial score (nSPS) is 21.8. The molecule has 5 nitrogen and oxygen atoms in total. The Morgan fingerprint density at radius 3 is 2.86 bits per heavy atom. The van der Waals surface area contributed by atoms with Gasteiger partial charge in [0.1, 0.15) is 0 Å². The van der Waals surface area contributed by atoms with Crippen molar-refractivity contribution in [3.63, 3.8) is 0 Å². The Labute approximate surface area is 124 Å². The first-order valence-electron chi connectivity index (χ1n) is 7.40. The molecule has 0 radical (unpaired) electrons. The molecule has 1 saturated heterocycles. The second kappa shape index (κ2) is 7.22. The highest BCUT2D eigenvalue weighted by atomic mass is 16.4. The number of rotatable bonds is 5. The molecule has 0 bridgehead atoms. The lowest BCUT2D eigenvalue weighted by Gasteiger charge is -2.27. The van der Waals surface area contributed by atoms with Crippen LogP contribution in [0.4, 0.5) is 0 Å². The minimum atomic E-state index is -0.927. The van der Waals surface area contributed by atoms with Gasteiger partial charge in [0.2, 0.25) is 5.91 Å². The number of benzene rings is 1. The zero-order valence-electron chi connectivity index (χ0n) is 12.3. The van der Waals surface area contributed by atoms with Crippen LogP contribution in [0.1, 0.15) is 35.7 Å². The molecule has 1 aliphatic heterocycles. The van der Waals surface area contributed by atoms with Crippen LogP contribution in [0.15, 0.2) is 24.3 Å². The van der Waals surface area contributed by atoms with E-state index in [9.17, 15) is 9.59 Å². The Kier molecular flexibility index (Phi) is 5.33. The first-order valence-corrected chi connectivity index (χ1v) is 7.40.